The van der Waals surface area contributed by atoms with Crippen LogP contribution in [0.25, 0.3) is 0 Å². The molecule has 8 heteroatoms. The Balaban J connectivity index is 1.32. The summed E-state index contributed by atoms with van der Waals surface area (Å²) in [6.45, 7) is 7.43. The number of nitrogens with zero attached hydrogens (tertiary/aromatic N) is 4. The van der Waals surface area contributed by atoms with Crippen molar-refractivity contribution in [1.29, 1.82) is 0 Å². The third-order valence-corrected chi connectivity index (χ3v) is 6.41. The number of anilines is 2. The molecule has 168 valence electrons. The third-order valence-electron chi connectivity index (χ3n) is 5.51. The first kappa shape index (κ1) is 22.2. The number of ether oxygens (including phenoxy) is 1. The van der Waals surface area contributed by atoms with Crippen LogP contribution in [0.4, 0.5) is 11.4 Å². The molecule has 3 aromatic rings. The summed E-state index contributed by atoms with van der Waals surface area (Å²) in [5.74, 6) is 0.701. The van der Waals surface area contributed by atoms with E-state index in [0.717, 1.165) is 48.2 Å². The number of para-hydroxylation sites is 2. The van der Waals surface area contributed by atoms with Gasteiger partial charge in [-0.1, -0.05) is 42.5 Å². The molecule has 0 bridgehead atoms. The topological polar surface area (TPSA) is 70.6 Å². The number of fused-ring (bicyclic) bond motifs is 1. The van der Waals surface area contributed by atoms with E-state index in [9.17, 15) is 4.79 Å². The van der Waals surface area contributed by atoms with E-state index in [-0.39, 0.29) is 12.0 Å². The van der Waals surface area contributed by atoms with Gasteiger partial charge in [-0.25, -0.2) is 0 Å². The molecule has 0 saturated heterocycles. The molecular weight excluding hydrogens is 422 g/mol. The van der Waals surface area contributed by atoms with Crippen LogP contribution in [0.2, 0.25) is 0 Å². The molecule has 0 unspecified atom stereocenters. The highest BCUT2D eigenvalue weighted by molar-refractivity contribution is 7.13. The second kappa shape index (κ2) is 10.1. The van der Waals surface area contributed by atoms with Gasteiger partial charge in [-0.3, -0.25) is 9.69 Å². The van der Waals surface area contributed by atoms with Gasteiger partial charge in [0.25, 0.3) is 5.91 Å². The molecule has 0 fully saturated rings. The van der Waals surface area contributed by atoms with Crippen molar-refractivity contribution in [3.8, 4) is 5.75 Å². The zero-order valence-corrected chi connectivity index (χ0v) is 19.6. The standard InChI is InChI=1S/C24H29N5O2S/c1-4-17-10-12-18(13-11-17)25-23(30)24-27-26-22(32-24)16-28(3)14-19-15-29(5-2)20-8-6-7-9-21(20)31-19/h6-13,19H,4-5,14-16H2,1-3H3,(H,25,30)/t19-/m0/s1. The average Bonchev–Trinajstić information content (AvgIpc) is 3.27. The Bertz CT molecular complexity index is 1050. The van der Waals surface area contributed by atoms with Crippen LogP contribution >= 0.6 is 11.3 Å². The lowest BCUT2D eigenvalue weighted by molar-refractivity contribution is 0.102. The van der Waals surface area contributed by atoms with Crippen molar-refractivity contribution in [1.82, 2.24) is 15.1 Å². The van der Waals surface area contributed by atoms with Crippen molar-refractivity contribution in [2.24, 2.45) is 0 Å². The molecule has 2 aromatic carbocycles. The molecule has 1 aromatic heterocycles. The number of benzene rings is 2. The van der Waals surface area contributed by atoms with Crippen molar-refractivity contribution in [2.45, 2.75) is 32.9 Å². The normalized spacial score (nSPS) is 15.4. The second-order valence-corrected chi connectivity index (χ2v) is 9.01. The van der Waals surface area contributed by atoms with E-state index < -0.39 is 0 Å². The van der Waals surface area contributed by atoms with Crippen molar-refractivity contribution >= 4 is 28.6 Å². The lowest BCUT2D eigenvalue weighted by Crippen LogP contribution is -2.45. The van der Waals surface area contributed by atoms with Gasteiger partial charge in [0.05, 0.1) is 18.8 Å². The van der Waals surface area contributed by atoms with Crippen LogP contribution < -0.4 is 15.0 Å². The van der Waals surface area contributed by atoms with E-state index in [0.29, 0.717) is 11.6 Å². The summed E-state index contributed by atoms with van der Waals surface area (Å²) < 4.78 is 6.22. The summed E-state index contributed by atoms with van der Waals surface area (Å²) >= 11 is 1.32. The molecular formula is C24H29N5O2S. The van der Waals surface area contributed by atoms with Crippen LogP contribution in [0.3, 0.4) is 0 Å². The fraction of sp³-hybridized carbons (Fsp3) is 0.375. The van der Waals surface area contributed by atoms with Crippen molar-refractivity contribution < 1.29 is 9.53 Å². The molecule has 1 atom stereocenters. The summed E-state index contributed by atoms with van der Waals surface area (Å²) in [7, 11) is 2.04. The van der Waals surface area contributed by atoms with Crippen LogP contribution in [0, 0.1) is 0 Å². The Morgan fingerprint density at radius 3 is 2.72 bits per heavy atom. The van der Waals surface area contributed by atoms with Crippen molar-refractivity contribution in [3.05, 3.63) is 64.1 Å². The number of rotatable bonds is 8. The lowest BCUT2D eigenvalue weighted by atomic mass is 10.1. The van der Waals surface area contributed by atoms with E-state index in [1.54, 1.807) is 0 Å². The number of amides is 1. The van der Waals surface area contributed by atoms with Gasteiger partial charge in [-0.05, 0) is 50.2 Å². The molecule has 7 nitrogen and oxygen atoms in total. The highest BCUT2D eigenvalue weighted by atomic mass is 32.1. The average molecular weight is 452 g/mol. The van der Waals surface area contributed by atoms with Gasteiger partial charge in [-0.2, -0.15) is 0 Å². The van der Waals surface area contributed by atoms with Crippen LogP contribution in [-0.2, 0) is 13.0 Å². The number of hydrogen-bond acceptors (Lipinski definition) is 7. The Kier molecular flexibility index (Phi) is 7.02. The molecule has 0 aliphatic carbocycles. The largest absolute Gasteiger partial charge is 0.485 e. The number of hydrogen-bond donors (Lipinski definition) is 1. The van der Waals surface area contributed by atoms with Crippen LogP contribution in [-0.4, -0.2) is 53.8 Å². The van der Waals surface area contributed by atoms with E-state index >= 15 is 0 Å². The van der Waals surface area contributed by atoms with E-state index in [1.165, 1.54) is 16.9 Å². The summed E-state index contributed by atoms with van der Waals surface area (Å²) in [4.78, 5) is 17.0. The first-order chi connectivity index (χ1) is 15.6. The summed E-state index contributed by atoms with van der Waals surface area (Å²) in [5, 5.41) is 12.4. The predicted octanol–water partition coefficient (Wildman–Crippen LogP) is 4.07. The number of carbonyl (C=O) groups excluding carboxylic acids is 1. The van der Waals surface area contributed by atoms with Gasteiger partial charge in [0.15, 0.2) is 0 Å². The molecule has 1 aliphatic heterocycles. The monoisotopic (exact) mass is 451 g/mol. The summed E-state index contributed by atoms with van der Waals surface area (Å²) in [6, 6.07) is 16.0. The van der Waals surface area contributed by atoms with E-state index in [4.69, 9.17) is 4.74 Å². The fourth-order valence-corrected chi connectivity index (χ4v) is 4.65. The molecule has 0 radical (unpaired) electrons. The molecule has 0 saturated carbocycles. The minimum atomic E-state index is -0.230. The fourth-order valence-electron chi connectivity index (χ4n) is 3.83. The van der Waals surface area contributed by atoms with Gasteiger partial charge in [0.1, 0.15) is 16.9 Å². The Labute approximate surface area is 193 Å². The van der Waals surface area contributed by atoms with Gasteiger partial charge >= 0.3 is 0 Å². The van der Waals surface area contributed by atoms with Gasteiger partial charge in [-0.15, -0.1) is 10.2 Å². The zero-order chi connectivity index (χ0) is 22.5. The number of nitrogens with one attached hydrogen (secondary N) is 1. The second-order valence-electron chi connectivity index (χ2n) is 7.95. The summed E-state index contributed by atoms with van der Waals surface area (Å²) in [6.07, 6.45) is 1.03. The number of aromatic nitrogens is 2. The molecule has 2 heterocycles. The Morgan fingerprint density at radius 2 is 1.97 bits per heavy atom. The molecule has 0 spiro atoms. The minimum Gasteiger partial charge on any atom is -0.485 e. The first-order valence-corrected chi connectivity index (χ1v) is 11.8. The maximum atomic E-state index is 12.5. The third kappa shape index (κ3) is 5.26. The zero-order valence-electron chi connectivity index (χ0n) is 18.7. The van der Waals surface area contributed by atoms with Crippen molar-refractivity contribution in [2.75, 3.05) is 36.9 Å². The lowest BCUT2D eigenvalue weighted by Gasteiger charge is -2.37. The van der Waals surface area contributed by atoms with Crippen LogP contribution in [0.15, 0.2) is 48.5 Å². The van der Waals surface area contributed by atoms with Gasteiger partial charge in [0, 0.05) is 18.8 Å². The van der Waals surface area contributed by atoms with Crippen LogP contribution in [0.1, 0.15) is 34.2 Å². The minimum absolute atomic E-state index is 0.0663. The molecule has 32 heavy (non-hydrogen) atoms. The Morgan fingerprint density at radius 1 is 1.19 bits per heavy atom. The number of carbonyl (C=O) groups is 1. The van der Waals surface area contributed by atoms with E-state index in [1.807, 2.05) is 49.5 Å². The van der Waals surface area contributed by atoms with Crippen LogP contribution in [0.5, 0.6) is 5.75 Å². The maximum absolute atomic E-state index is 12.5. The van der Waals surface area contributed by atoms with Gasteiger partial charge < -0.3 is 15.0 Å². The van der Waals surface area contributed by atoms with E-state index in [2.05, 4.69) is 45.2 Å². The maximum Gasteiger partial charge on any atom is 0.286 e. The molecule has 1 N–H and O–H groups in total. The number of likely N-dealkylation sites (N-methyl/N-ethyl adjacent to an activating group) is 2. The predicted molar refractivity (Wildman–Crippen MR) is 129 cm³/mol. The molecule has 1 amide bonds. The quantitative estimate of drug-likeness (QED) is 0.557. The summed E-state index contributed by atoms with van der Waals surface area (Å²) in [5.41, 5.74) is 3.14. The first-order valence-electron chi connectivity index (χ1n) is 11.0. The SMILES string of the molecule is CCc1ccc(NC(=O)c2nnc(CN(C)C[C@H]3CN(CC)c4ccccc4O3)s2)cc1. The highest BCUT2D eigenvalue weighted by Crippen LogP contribution is 2.33. The molecule has 1 aliphatic rings. The Hall–Kier alpha value is -2.97. The van der Waals surface area contributed by atoms with Gasteiger partial charge in [0.2, 0.25) is 5.01 Å². The van der Waals surface area contributed by atoms with Crippen molar-refractivity contribution in [3.63, 3.8) is 0 Å². The smallest absolute Gasteiger partial charge is 0.286 e. The molecule has 4 rings (SSSR count). The highest BCUT2D eigenvalue weighted by Gasteiger charge is 2.26. The number of aryl methyl sites for hydroxylation is 1.